The summed E-state index contributed by atoms with van der Waals surface area (Å²) in [5.41, 5.74) is 0.875. The van der Waals surface area contributed by atoms with Gasteiger partial charge in [0.15, 0.2) is 0 Å². The average Bonchev–Trinajstić information content (AvgIpc) is 2.44. The van der Waals surface area contributed by atoms with Crippen molar-refractivity contribution >= 4 is 11.9 Å². The summed E-state index contributed by atoms with van der Waals surface area (Å²) in [6.45, 7) is 7.12. The molecule has 1 aromatic rings. The van der Waals surface area contributed by atoms with Crippen molar-refractivity contribution < 1.29 is 23.8 Å². The van der Waals surface area contributed by atoms with Crippen molar-refractivity contribution in [3.8, 4) is 5.75 Å². The molecule has 0 aromatic heterocycles. The second-order valence-electron chi connectivity index (χ2n) is 5.21. The van der Waals surface area contributed by atoms with Crippen molar-refractivity contribution in [2.75, 3.05) is 6.54 Å². The van der Waals surface area contributed by atoms with Gasteiger partial charge in [0.05, 0.1) is 6.54 Å². The van der Waals surface area contributed by atoms with Gasteiger partial charge in [0.2, 0.25) is 12.0 Å². The summed E-state index contributed by atoms with van der Waals surface area (Å²) in [6.07, 6.45) is -0.714. The third-order valence-corrected chi connectivity index (χ3v) is 2.93. The first kappa shape index (κ1) is 17.7. The smallest absolute Gasteiger partial charge is 0.346 e. The second-order valence-corrected chi connectivity index (χ2v) is 5.21. The molecule has 0 aliphatic carbocycles. The molecule has 6 heteroatoms. The van der Waals surface area contributed by atoms with Crippen molar-refractivity contribution in [3.63, 3.8) is 0 Å². The van der Waals surface area contributed by atoms with Gasteiger partial charge in [-0.2, -0.15) is 0 Å². The lowest BCUT2D eigenvalue weighted by atomic mass is 10.0. The molecule has 1 aromatic carbocycles. The Balaban J connectivity index is 2.58. The number of carbonyl (C=O) groups excluding carboxylic acids is 1. The van der Waals surface area contributed by atoms with Crippen LogP contribution >= 0.6 is 0 Å². The molecule has 22 heavy (non-hydrogen) atoms. The average molecular weight is 309 g/mol. The maximum Gasteiger partial charge on any atom is 0.346 e. The fourth-order valence-corrected chi connectivity index (χ4v) is 1.84. The summed E-state index contributed by atoms with van der Waals surface area (Å²) in [4.78, 5) is 23.0. The number of ether oxygens (including phenoxy) is 1. The van der Waals surface area contributed by atoms with Gasteiger partial charge in [0.1, 0.15) is 11.6 Å². The van der Waals surface area contributed by atoms with E-state index in [1.165, 1.54) is 24.3 Å². The van der Waals surface area contributed by atoms with Crippen LogP contribution in [0.1, 0.15) is 20.3 Å². The van der Waals surface area contributed by atoms with Crippen LogP contribution in [0.15, 0.2) is 36.4 Å². The minimum Gasteiger partial charge on any atom is -0.478 e. The number of halogens is 1. The van der Waals surface area contributed by atoms with Crippen molar-refractivity contribution in [2.24, 2.45) is 5.92 Å². The monoisotopic (exact) mass is 309 g/mol. The zero-order valence-electron chi connectivity index (χ0n) is 12.6. The molecule has 0 aliphatic heterocycles. The molecule has 0 spiro atoms. The van der Waals surface area contributed by atoms with Crippen LogP contribution in [0.3, 0.4) is 0 Å². The minimum absolute atomic E-state index is 0.175. The molecular weight excluding hydrogens is 289 g/mol. The summed E-state index contributed by atoms with van der Waals surface area (Å²) < 4.78 is 18.0. The van der Waals surface area contributed by atoms with E-state index in [2.05, 4.69) is 11.9 Å². The number of carboxylic acid groups (broad SMARTS) is 1. The third kappa shape index (κ3) is 5.95. The normalized spacial score (nSPS) is 13.0. The molecule has 2 unspecified atom stereocenters. The highest BCUT2D eigenvalue weighted by atomic mass is 19.1. The number of nitrogens with one attached hydrogen (secondary N) is 1. The fourth-order valence-electron chi connectivity index (χ4n) is 1.84. The number of benzene rings is 1. The molecule has 0 heterocycles. The lowest BCUT2D eigenvalue weighted by Gasteiger charge is -2.17. The van der Waals surface area contributed by atoms with Crippen LogP contribution in [0.25, 0.3) is 0 Å². The molecular formula is C16H20FNO4. The summed E-state index contributed by atoms with van der Waals surface area (Å²) in [7, 11) is 0. The molecule has 0 saturated carbocycles. The van der Waals surface area contributed by atoms with Crippen LogP contribution in [0.2, 0.25) is 0 Å². The Morgan fingerprint density at radius 3 is 2.45 bits per heavy atom. The van der Waals surface area contributed by atoms with Crippen molar-refractivity contribution in [2.45, 2.75) is 26.4 Å². The maximum atomic E-state index is 12.8. The zero-order valence-corrected chi connectivity index (χ0v) is 12.6. The lowest BCUT2D eigenvalue weighted by Crippen LogP contribution is -2.42. The van der Waals surface area contributed by atoms with Gasteiger partial charge in [-0.3, -0.25) is 4.79 Å². The highest BCUT2D eigenvalue weighted by Crippen LogP contribution is 2.13. The minimum atomic E-state index is -1.24. The number of carbonyl (C=O) groups is 2. The van der Waals surface area contributed by atoms with Gasteiger partial charge in [0.25, 0.3) is 0 Å². The highest BCUT2D eigenvalue weighted by Gasteiger charge is 2.22. The molecule has 2 N–H and O–H groups in total. The zero-order chi connectivity index (χ0) is 16.7. The van der Waals surface area contributed by atoms with Gasteiger partial charge in [-0.25, -0.2) is 9.18 Å². The Morgan fingerprint density at radius 2 is 1.95 bits per heavy atom. The van der Waals surface area contributed by atoms with E-state index in [4.69, 9.17) is 9.84 Å². The third-order valence-electron chi connectivity index (χ3n) is 2.93. The van der Waals surface area contributed by atoms with E-state index in [1.54, 1.807) is 6.92 Å². The van der Waals surface area contributed by atoms with E-state index < -0.39 is 17.9 Å². The molecule has 1 rings (SSSR count). The van der Waals surface area contributed by atoms with E-state index in [1.807, 2.05) is 6.92 Å². The van der Waals surface area contributed by atoms with Crippen LogP contribution in [0.4, 0.5) is 4.39 Å². The molecule has 2 atom stereocenters. The predicted octanol–water partition coefficient (Wildman–Crippen LogP) is 2.38. The van der Waals surface area contributed by atoms with E-state index >= 15 is 0 Å². The van der Waals surface area contributed by atoms with Crippen LogP contribution in [-0.4, -0.2) is 29.6 Å². The highest BCUT2D eigenvalue weighted by molar-refractivity contribution is 5.80. The summed E-state index contributed by atoms with van der Waals surface area (Å²) in [5.74, 6) is -1.99. The summed E-state index contributed by atoms with van der Waals surface area (Å²) in [5, 5.41) is 11.7. The number of aliphatic carboxylic acids is 1. The van der Waals surface area contributed by atoms with Gasteiger partial charge < -0.3 is 15.2 Å². The molecule has 0 radical (unpaired) electrons. The Morgan fingerprint density at radius 1 is 1.36 bits per heavy atom. The predicted molar refractivity (Wildman–Crippen MR) is 80.1 cm³/mol. The Bertz CT molecular complexity index is 542. The number of amides is 1. The van der Waals surface area contributed by atoms with Gasteiger partial charge in [-0.1, -0.05) is 12.5 Å². The summed E-state index contributed by atoms with van der Waals surface area (Å²) in [6, 6.07) is 5.00. The lowest BCUT2D eigenvalue weighted by molar-refractivity contribution is -0.145. The molecule has 1 amide bonds. The SMILES string of the molecule is C=C(C)CC(C)C(=O)NCC(Oc1ccc(F)cc1)C(=O)O. The van der Waals surface area contributed by atoms with Crippen molar-refractivity contribution in [1.82, 2.24) is 5.32 Å². The standard InChI is InChI=1S/C16H20FNO4/c1-10(2)8-11(3)15(19)18-9-14(16(20)21)22-13-6-4-12(17)5-7-13/h4-7,11,14H,1,8-9H2,2-3H3,(H,18,19)(H,20,21). The van der Waals surface area contributed by atoms with Gasteiger partial charge >= 0.3 is 5.97 Å². The first-order valence-electron chi connectivity index (χ1n) is 6.86. The Hall–Kier alpha value is -2.37. The van der Waals surface area contributed by atoms with Crippen molar-refractivity contribution in [1.29, 1.82) is 0 Å². The number of carboxylic acids is 1. The molecule has 0 bridgehead atoms. The number of rotatable bonds is 8. The van der Waals surface area contributed by atoms with Crippen LogP contribution < -0.4 is 10.1 Å². The summed E-state index contributed by atoms with van der Waals surface area (Å²) >= 11 is 0. The molecule has 0 aliphatic rings. The topological polar surface area (TPSA) is 75.6 Å². The van der Waals surface area contributed by atoms with Crippen LogP contribution in [0.5, 0.6) is 5.75 Å². The largest absolute Gasteiger partial charge is 0.478 e. The molecule has 0 fully saturated rings. The van der Waals surface area contributed by atoms with E-state index in [0.717, 1.165) is 5.57 Å². The molecule has 120 valence electrons. The quantitative estimate of drug-likeness (QED) is 0.723. The van der Waals surface area contributed by atoms with Gasteiger partial charge in [-0.15, -0.1) is 6.58 Å². The first-order valence-corrected chi connectivity index (χ1v) is 6.86. The fraction of sp³-hybridized carbons (Fsp3) is 0.375. The first-order chi connectivity index (χ1) is 10.3. The maximum absolute atomic E-state index is 12.8. The van der Waals surface area contributed by atoms with Gasteiger partial charge in [-0.05, 0) is 37.6 Å². The Kier molecular flexibility index (Phi) is 6.56. The van der Waals surface area contributed by atoms with Gasteiger partial charge in [0, 0.05) is 5.92 Å². The number of hydrogen-bond acceptors (Lipinski definition) is 3. The van der Waals surface area contributed by atoms with E-state index in [-0.39, 0.29) is 24.1 Å². The van der Waals surface area contributed by atoms with Crippen LogP contribution in [-0.2, 0) is 9.59 Å². The Labute approximate surface area is 128 Å². The van der Waals surface area contributed by atoms with E-state index in [9.17, 15) is 14.0 Å². The molecule has 5 nitrogen and oxygen atoms in total. The molecule has 0 saturated heterocycles. The number of hydrogen-bond donors (Lipinski definition) is 2. The van der Waals surface area contributed by atoms with Crippen LogP contribution in [0, 0.1) is 11.7 Å². The second kappa shape index (κ2) is 8.17. The number of allylic oxidation sites excluding steroid dienone is 1. The van der Waals surface area contributed by atoms with E-state index in [0.29, 0.717) is 6.42 Å². The van der Waals surface area contributed by atoms with Crippen molar-refractivity contribution in [3.05, 3.63) is 42.2 Å².